The normalized spacial score (nSPS) is 48.3. The van der Waals surface area contributed by atoms with E-state index >= 15 is 4.39 Å². The molecule has 7 nitrogen and oxygen atoms in total. The first-order chi connectivity index (χ1) is 15.9. The van der Waals surface area contributed by atoms with E-state index in [1.165, 1.54) is 0 Å². The number of aliphatic hydroxyl groups is 2. The lowest BCUT2D eigenvalue weighted by Gasteiger charge is -2.61. The van der Waals surface area contributed by atoms with Gasteiger partial charge in [-0.2, -0.15) is 5.10 Å². The number of aromatic nitrogens is 2. The summed E-state index contributed by atoms with van der Waals surface area (Å²) in [6.45, 7) is 6.98. The van der Waals surface area contributed by atoms with Crippen molar-refractivity contribution in [2.75, 3.05) is 6.61 Å². The van der Waals surface area contributed by atoms with Crippen LogP contribution in [0.5, 0.6) is 0 Å². The highest BCUT2D eigenvalue weighted by Crippen LogP contribution is 2.70. The molecule has 1 saturated heterocycles. The van der Waals surface area contributed by atoms with E-state index in [2.05, 4.69) is 12.0 Å². The van der Waals surface area contributed by atoms with E-state index in [1.54, 1.807) is 18.5 Å². The largest absolute Gasteiger partial charge is 0.393 e. The van der Waals surface area contributed by atoms with Crippen LogP contribution in [0.25, 0.3) is 6.08 Å². The van der Waals surface area contributed by atoms with Crippen LogP contribution in [0.2, 0.25) is 0 Å². The molecule has 0 spiro atoms. The molecule has 0 radical (unpaired) electrons. The number of ether oxygens (including phenoxy) is 2. The lowest BCUT2D eigenvalue weighted by molar-refractivity contribution is -0.228. The quantitative estimate of drug-likeness (QED) is 0.685. The second kappa shape index (κ2) is 6.78. The van der Waals surface area contributed by atoms with E-state index in [4.69, 9.17) is 9.47 Å². The highest BCUT2D eigenvalue weighted by molar-refractivity contribution is 5.91. The van der Waals surface area contributed by atoms with Crippen LogP contribution < -0.4 is 0 Å². The number of halogens is 1. The molecule has 0 amide bonds. The SMILES string of the molecule is Cn1cc2c(n1)C=C1[C@@H](F)C[C@@H]3[C@H]([C@@H](O)C[C@@]4(C)[C@H]3C[C@H]3OC(C)(C)O[C@]34C(=O)CO)[C@@]1(C)C2. The Morgan fingerprint density at radius 2 is 2.03 bits per heavy atom. The second-order valence-electron chi connectivity index (χ2n) is 12.3. The molecule has 186 valence electrons. The average molecular weight is 475 g/mol. The van der Waals surface area contributed by atoms with Gasteiger partial charge in [-0.05, 0) is 74.5 Å². The summed E-state index contributed by atoms with van der Waals surface area (Å²) in [7, 11) is 1.87. The molecule has 3 saturated carbocycles. The minimum Gasteiger partial charge on any atom is -0.393 e. The van der Waals surface area contributed by atoms with Crippen LogP contribution >= 0.6 is 0 Å². The molecule has 1 aliphatic heterocycles. The summed E-state index contributed by atoms with van der Waals surface area (Å²) in [5.41, 5.74) is -0.0174. The minimum atomic E-state index is -1.34. The zero-order valence-corrected chi connectivity index (χ0v) is 20.5. The minimum absolute atomic E-state index is 0.0654. The Morgan fingerprint density at radius 1 is 1.29 bits per heavy atom. The van der Waals surface area contributed by atoms with Crippen molar-refractivity contribution in [3.8, 4) is 0 Å². The average Bonchev–Trinajstić information content (AvgIpc) is 3.30. The van der Waals surface area contributed by atoms with Crippen molar-refractivity contribution in [3.63, 3.8) is 0 Å². The molecule has 2 N–H and O–H groups in total. The maximum atomic E-state index is 15.9. The number of aliphatic hydroxyl groups excluding tert-OH is 2. The van der Waals surface area contributed by atoms with Crippen LogP contribution in [0.15, 0.2) is 11.8 Å². The lowest BCUT2D eigenvalue weighted by atomic mass is 9.45. The van der Waals surface area contributed by atoms with Gasteiger partial charge in [-0.1, -0.05) is 13.8 Å². The fraction of sp³-hybridized carbons (Fsp3) is 0.769. The summed E-state index contributed by atoms with van der Waals surface area (Å²) in [6, 6.07) is 0. The van der Waals surface area contributed by atoms with Gasteiger partial charge in [0.1, 0.15) is 12.8 Å². The fourth-order valence-corrected chi connectivity index (χ4v) is 9.04. The van der Waals surface area contributed by atoms with Gasteiger partial charge in [0.05, 0.1) is 17.9 Å². The topological polar surface area (TPSA) is 93.8 Å². The molecule has 6 rings (SSSR count). The number of rotatable bonds is 2. The molecule has 1 aromatic rings. The van der Waals surface area contributed by atoms with Crippen LogP contribution in [-0.2, 0) is 27.7 Å². The molecule has 34 heavy (non-hydrogen) atoms. The Bertz CT molecular complexity index is 1100. The summed E-state index contributed by atoms with van der Waals surface area (Å²) in [4.78, 5) is 13.3. The number of fused-ring (bicyclic) bond motifs is 8. The van der Waals surface area contributed by atoms with E-state index < -0.39 is 53.0 Å². The number of ketones is 1. The van der Waals surface area contributed by atoms with Crippen LogP contribution in [0.4, 0.5) is 4.39 Å². The number of nitrogens with zero attached hydrogens (tertiary/aromatic N) is 2. The van der Waals surface area contributed by atoms with Gasteiger partial charge >= 0.3 is 0 Å². The maximum Gasteiger partial charge on any atom is 0.193 e. The molecule has 9 atom stereocenters. The van der Waals surface area contributed by atoms with Gasteiger partial charge in [-0.15, -0.1) is 0 Å². The van der Waals surface area contributed by atoms with Gasteiger partial charge in [0, 0.05) is 24.1 Å². The van der Waals surface area contributed by atoms with E-state index in [0.717, 1.165) is 16.8 Å². The number of aryl methyl sites for hydroxylation is 1. The molecular weight excluding hydrogens is 439 g/mol. The summed E-state index contributed by atoms with van der Waals surface area (Å²) >= 11 is 0. The fourth-order valence-electron chi connectivity index (χ4n) is 9.04. The molecular formula is C26H35FN2O5. The van der Waals surface area contributed by atoms with Crippen LogP contribution in [0.1, 0.15) is 58.2 Å². The monoisotopic (exact) mass is 474 g/mol. The number of alkyl halides is 1. The molecule has 5 aliphatic rings. The molecule has 2 heterocycles. The van der Waals surface area contributed by atoms with Gasteiger partial charge in [-0.25, -0.2) is 4.39 Å². The van der Waals surface area contributed by atoms with Crippen molar-refractivity contribution >= 4 is 11.9 Å². The first-order valence-electron chi connectivity index (χ1n) is 12.5. The van der Waals surface area contributed by atoms with Gasteiger partial charge < -0.3 is 19.7 Å². The smallest absolute Gasteiger partial charge is 0.193 e. The zero-order valence-electron chi connectivity index (χ0n) is 20.5. The summed E-state index contributed by atoms with van der Waals surface area (Å²) in [6.07, 6.45) is 3.32. The van der Waals surface area contributed by atoms with Gasteiger partial charge in [-0.3, -0.25) is 9.48 Å². The van der Waals surface area contributed by atoms with Crippen molar-refractivity contribution in [2.45, 2.75) is 83.1 Å². The Morgan fingerprint density at radius 3 is 2.74 bits per heavy atom. The van der Waals surface area contributed by atoms with Crippen LogP contribution in [0, 0.1) is 28.6 Å². The molecule has 0 aromatic carbocycles. The summed E-state index contributed by atoms with van der Waals surface area (Å²) in [5, 5.41) is 26.2. The van der Waals surface area contributed by atoms with E-state index in [-0.39, 0.29) is 17.8 Å². The molecule has 0 bridgehead atoms. The number of allylic oxidation sites excluding steroid dienone is 1. The van der Waals surface area contributed by atoms with Crippen molar-refractivity contribution in [1.82, 2.24) is 9.78 Å². The molecule has 4 aliphatic carbocycles. The number of hydrogen-bond acceptors (Lipinski definition) is 6. The maximum absolute atomic E-state index is 15.9. The lowest BCUT2D eigenvalue weighted by Crippen LogP contribution is -2.65. The summed E-state index contributed by atoms with van der Waals surface area (Å²) in [5.74, 6) is -1.72. The molecule has 0 unspecified atom stereocenters. The number of carbonyl (C=O) groups excluding carboxylic acids is 1. The van der Waals surface area contributed by atoms with E-state index in [0.29, 0.717) is 25.7 Å². The van der Waals surface area contributed by atoms with Gasteiger partial charge in [0.25, 0.3) is 0 Å². The highest BCUT2D eigenvalue weighted by atomic mass is 19.1. The van der Waals surface area contributed by atoms with E-state index in [9.17, 15) is 15.0 Å². The standard InChI is InChI=1S/C26H35FN2O5/c1-23(2)33-21-8-15-14-6-17(27)16-7-18-13(11-29(5)28-18)9-24(16,3)22(14)19(31)10-25(15,4)26(21,34-23)20(32)12-30/h7,11,14-15,17,19,21-22,30-31H,6,8-10,12H2,1-5H3/t14-,15-,17-,19-,21+,22+,24-,25-,26+/m0/s1. The third kappa shape index (κ3) is 2.60. The third-order valence-electron chi connectivity index (χ3n) is 10.0. The molecule has 8 heteroatoms. The van der Waals surface area contributed by atoms with E-state index in [1.807, 2.05) is 26.2 Å². The van der Waals surface area contributed by atoms with Gasteiger partial charge in [0.15, 0.2) is 17.2 Å². The molecule has 4 fully saturated rings. The van der Waals surface area contributed by atoms with Crippen LogP contribution in [0.3, 0.4) is 0 Å². The Balaban J connectivity index is 1.45. The first kappa shape index (κ1) is 22.8. The second-order valence-corrected chi connectivity index (χ2v) is 12.3. The Labute approximate surface area is 199 Å². The highest BCUT2D eigenvalue weighted by Gasteiger charge is 2.77. The van der Waals surface area contributed by atoms with Crippen molar-refractivity contribution in [2.24, 2.45) is 35.6 Å². The first-order valence-corrected chi connectivity index (χ1v) is 12.5. The molecule has 1 aromatic heterocycles. The number of carbonyl (C=O) groups is 1. The third-order valence-corrected chi connectivity index (χ3v) is 10.0. The van der Waals surface area contributed by atoms with Gasteiger partial charge in [0.2, 0.25) is 0 Å². The number of hydrogen-bond donors (Lipinski definition) is 2. The zero-order chi connectivity index (χ0) is 24.4. The van der Waals surface area contributed by atoms with Crippen molar-refractivity contribution < 1.29 is 28.9 Å². The predicted octanol–water partition coefficient (Wildman–Crippen LogP) is 2.58. The Hall–Kier alpha value is -1.61. The van der Waals surface area contributed by atoms with Crippen molar-refractivity contribution in [3.05, 3.63) is 23.0 Å². The summed E-state index contributed by atoms with van der Waals surface area (Å²) < 4.78 is 30.3. The predicted molar refractivity (Wildman–Crippen MR) is 121 cm³/mol. The number of Topliss-reactive ketones (excluding diaryl/α,β-unsaturated/α-hetero) is 1. The van der Waals surface area contributed by atoms with Crippen molar-refractivity contribution in [1.29, 1.82) is 0 Å². The van der Waals surface area contributed by atoms with Crippen LogP contribution in [-0.4, -0.2) is 62.2 Å². The Kier molecular flexibility index (Phi) is 4.55.